The maximum atomic E-state index is 11.9. The second-order valence-corrected chi connectivity index (χ2v) is 6.58. The van der Waals surface area contributed by atoms with Gasteiger partial charge >= 0.3 is 0 Å². The zero-order chi connectivity index (χ0) is 13.0. The number of hydrogen-bond donors (Lipinski definition) is 2. The molecular weight excluding hydrogens is 272 g/mol. The average molecular weight is 286 g/mol. The van der Waals surface area contributed by atoms with Crippen LogP contribution >= 0.6 is 11.3 Å². The van der Waals surface area contributed by atoms with E-state index in [1.165, 1.54) is 11.3 Å². The van der Waals surface area contributed by atoms with Gasteiger partial charge in [-0.05, 0) is 17.0 Å². The van der Waals surface area contributed by atoms with Crippen LogP contribution in [0.4, 0.5) is 0 Å². The van der Waals surface area contributed by atoms with Crippen molar-refractivity contribution in [2.75, 3.05) is 6.54 Å². The molecule has 0 aliphatic carbocycles. The molecule has 2 heterocycles. The van der Waals surface area contributed by atoms with Crippen molar-refractivity contribution in [3.8, 4) is 0 Å². The summed E-state index contributed by atoms with van der Waals surface area (Å²) in [7, 11) is -3.42. The number of thiophene rings is 1. The SMILES string of the molecule is NCc1csc(S(=O)(=O)NCCn2ccnc2)c1. The van der Waals surface area contributed by atoms with Gasteiger partial charge in [-0.2, -0.15) is 0 Å². The molecule has 3 N–H and O–H groups in total. The lowest BCUT2D eigenvalue weighted by atomic mass is 10.4. The third kappa shape index (κ3) is 3.16. The fourth-order valence-corrected chi connectivity index (χ4v) is 3.69. The van der Waals surface area contributed by atoms with Gasteiger partial charge in [-0.3, -0.25) is 0 Å². The van der Waals surface area contributed by atoms with E-state index in [1.807, 2.05) is 4.57 Å². The standard InChI is InChI=1S/C10H14N4O2S2/c11-6-9-5-10(17-7-9)18(15,16)13-2-4-14-3-1-12-8-14/h1,3,5,7-8,13H,2,4,6,11H2. The van der Waals surface area contributed by atoms with Gasteiger partial charge in [0.25, 0.3) is 0 Å². The number of imidazole rings is 1. The normalized spacial score (nSPS) is 11.8. The van der Waals surface area contributed by atoms with E-state index in [-0.39, 0.29) is 0 Å². The van der Waals surface area contributed by atoms with Crippen molar-refractivity contribution in [3.05, 3.63) is 35.7 Å². The minimum absolute atomic E-state index is 0.300. The van der Waals surface area contributed by atoms with Crippen molar-refractivity contribution in [2.24, 2.45) is 5.73 Å². The first kappa shape index (κ1) is 13.2. The highest BCUT2D eigenvalue weighted by Gasteiger charge is 2.15. The molecule has 2 aromatic heterocycles. The zero-order valence-electron chi connectivity index (χ0n) is 9.61. The van der Waals surface area contributed by atoms with Crippen molar-refractivity contribution < 1.29 is 8.42 Å². The van der Waals surface area contributed by atoms with Crippen LogP contribution < -0.4 is 10.5 Å². The molecule has 18 heavy (non-hydrogen) atoms. The first-order valence-corrected chi connectivity index (χ1v) is 7.71. The topological polar surface area (TPSA) is 90.0 Å². The van der Waals surface area contributed by atoms with E-state index >= 15 is 0 Å². The van der Waals surface area contributed by atoms with Crippen LogP contribution in [-0.4, -0.2) is 24.5 Å². The Hall–Kier alpha value is -1.22. The number of nitrogens with one attached hydrogen (secondary N) is 1. The highest BCUT2D eigenvalue weighted by molar-refractivity contribution is 7.91. The Morgan fingerprint density at radius 2 is 2.33 bits per heavy atom. The Labute approximate surface area is 110 Å². The number of sulfonamides is 1. The van der Waals surface area contributed by atoms with Crippen LogP contribution in [0, 0.1) is 0 Å². The summed E-state index contributed by atoms with van der Waals surface area (Å²) >= 11 is 1.18. The van der Waals surface area contributed by atoms with Crippen LogP contribution in [0.5, 0.6) is 0 Å². The molecule has 0 atom stereocenters. The molecule has 0 amide bonds. The summed E-state index contributed by atoms with van der Waals surface area (Å²) in [5.74, 6) is 0. The summed E-state index contributed by atoms with van der Waals surface area (Å²) in [6.07, 6.45) is 5.08. The van der Waals surface area contributed by atoms with Gasteiger partial charge in [-0.15, -0.1) is 11.3 Å². The second-order valence-electron chi connectivity index (χ2n) is 3.68. The summed E-state index contributed by atoms with van der Waals surface area (Å²) in [6, 6.07) is 1.60. The van der Waals surface area contributed by atoms with Crippen molar-refractivity contribution in [1.29, 1.82) is 0 Å². The third-order valence-electron chi connectivity index (χ3n) is 2.35. The summed E-state index contributed by atoms with van der Waals surface area (Å²) in [5.41, 5.74) is 6.28. The van der Waals surface area contributed by atoms with E-state index < -0.39 is 10.0 Å². The van der Waals surface area contributed by atoms with Gasteiger partial charge in [0.2, 0.25) is 10.0 Å². The van der Waals surface area contributed by atoms with E-state index in [0.29, 0.717) is 23.8 Å². The van der Waals surface area contributed by atoms with Crippen LogP contribution in [0.1, 0.15) is 5.56 Å². The molecule has 0 saturated heterocycles. The number of rotatable bonds is 6. The monoisotopic (exact) mass is 286 g/mol. The maximum absolute atomic E-state index is 11.9. The molecule has 98 valence electrons. The largest absolute Gasteiger partial charge is 0.336 e. The third-order valence-corrected chi connectivity index (χ3v) is 5.30. The Bertz CT molecular complexity index is 589. The molecule has 0 radical (unpaired) electrons. The summed E-state index contributed by atoms with van der Waals surface area (Å²) < 4.78 is 28.5. The van der Waals surface area contributed by atoms with Crippen molar-refractivity contribution >= 4 is 21.4 Å². The van der Waals surface area contributed by atoms with Gasteiger partial charge in [-0.1, -0.05) is 0 Å². The molecule has 0 bridgehead atoms. The molecular formula is C10H14N4O2S2. The minimum atomic E-state index is -3.42. The van der Waals surface area contributed by atoms with Gasteiger partial charge in [0, 0.05) is 32.0 Å². The van der Waals surface area contributed by atoms with E-state index in [1.54, 1.807) is 30.2 Å². The van der Waals surface area contributed by atoms with Crippen LogP contribution in [0.3, 0.4) is 0 Å². The summed E-state index contributed by atoms with van der Waals surface area (Å²) in [4.78, 5) is 3.88. The maximum Gasteiger partial charge on any atom is 0.250 e. The smallest absolute Gasteiger partial charge is 0.250 e. The fourth-order valence-electron chi connectivity index (χ4n) is 1.40. The molecule has 6 nitrogen and oxygen atoms in total. The quantitative estimate of drug-likeness (QED) is 0.803. The Morgan fingerprint density at radius 3 is 2.94 bits per heavy atom. The summed E-state index contributed by atoms with van der Waals surface area (Å²) in [5, 5.41) is 1.75. The van der Waals surface area contributed by atoms with Gasteiger partial charge in [-0.25, -0.2) is 18.1 Å². The Morgan fingerprint density at radius 1 is 1.50 bits per heavy atom. The van der Waals surface area contributed by atoms with Gasteiger partial charge < -0.3 is 10.3 Å². The van der Waals surface area contributed by atoms with Gasteiger partial charge in [0.1, 0.15) is 4.21 Å². The second kappa shape index (κ2) is 5.61. The molecule has 0 aliphatic rings. The lowest BCUT2D eigenvalue weighted by Gasteiger charge is -2.05. The van der Waals surface area contributed by atoms with Crippen molar-refractivity contribution in [1.82, 2.24) is 14.3 Å². The number of nitrogens with two attached hydrogens (primary N) is 1. The molecule has 2 aromatic rings. The number of hydrogen-bond acceptors (Lipinski definition) is 5. The highest BCUT2D eigenvalue weighted by Crippen LogP contribution is 2.19. The predicted molar refractivity (Wildman–Crippen MR) is 69.6 cm³/mol. The number of aromatic nitrogens is 2. The lowest BCUT2D eigenvalue weighted by molar-refractivity contribution is 0.574. The van der Waals surface area contributed by atoms with Crippen LogP contribution in [0.25, 0.3) is 0 Å². The van der Waals surface area contributed by atoms with Crippen LogP contribution in [0.2, 0.25) is 0 Å². The molecule has 0 aromatic carbocycles. The first-order chi connectivity index (χ1) is 8.62. The summed E-state index contributed by atoms with van der Waals surface area (Å²) in [6.45, 7) is 1.23. The van der Waals surface area contributed by atoms with Gasteiger partial charge in [0.05, 0.1) is 6.33 Å². The van der Waals surface area contributed by atoms with E-state index in [9.17, 15) is 8.42 Å². The highest BCUT2D eigenvalue weighted by atomic mass is 32.2. The molecule has 0 aliphatic heterocycles. The van der Waals surface area contributed by atoms with E-state index in [4.69, 9.17) is 5.73 Å². The van der Waals surface area contributed by atoms with Crippen LogP contribution in [0.15, 0.2) is 34.4 Å². The zero-order valence-corrected chi connectivity index (χ0v) is 11.2. The fraction of sp³-hybridized carbons (Fsp3) is 0.300. The van der Waals surface area contributed by atoms with Crippen molar-refractivity contribution in [2.45, 2.75) is 17.3 Å². The van der Waals surface area contributed by atoms with E-state index in [0.717, 1.165) is 5.56 Å². The molecule has 8 heteroatoms. The van der Waals surface area contributed by atoms with Gasteiger partial charge in [0.15, 0.2) is 0 Å². The van der Waals surface area contributed by atoms with E-state index in [2.05, 4.69) is 9.71 Å². The first-order valence-electron chi connectivity index (χ1n) is 5.35. The molecule has 0 unspecified atom stereocenters. The lowest BCUT2D eigenvalue weighted by Crippen LogP contribution is -2.26. The average Bonchev–Trinajstić information content (AvgIpc) is 2.99. The molecule has 2 rings (SSSR count). The Balaban J connectivity index is 1.95. The minimum Gasteiger partial charge on any atom is -0.336 e. The van der Waals surface area contributed by atoms with Crippen LogP contribution in [-0.2, 0) is 23.1 Å². The number of nitrogens with zero attached hydrogens (tertiary/aromatic N) is 2. The van der Waals surface area contributed by atoms with Crippen molar-refractivity contribution in [3.63, 3.8) is 0 Å². The Kier molecular flexibility index (Phi) is 4.12. The predicted octanol–water partition coefficient (Wildman–Crippen LogP) is 0.382. The molecule has 0 spiro atoms. The molecule has 0 fully saturated rings. The molecule has 0 saturated carbocycles.